The molecule has 1 heterocycles. The second-order valence-corrected chi connectivity index (χ2v) is 6.21. The fourth-order valence-corrected chi connectivity index (χ4v) is 2.72. The summed E-state index contributed by atoms with van der Waals surface area (Å²) in [6.45, 7) is 1.93. The second-order valence-electron chi connectivity index (χ2n) is 5.35. The van der Waals surface area contributed by atoms with E-state index in [9.17, 15) is 4.79 Å². The van der Waals surface area contributed by atoms with Crippen molar-refractivity contribution in [1.29, 1.82) is 0 Å². The Morgan fingerprint density at radius 1 is 1.12 bits per heavy atom. The fraction of sp³-hybridized carbons (Fsp3) is 0.105. The summed E-state index contributed by atoms with van der Waals surface area (Å²) < 4.78 is 10.4. The van der Waals surface area contributed by atoms with Crippen LogP contribution in [0.5, 0.6) is 11.5 Å². The minimum atomic E-state index is -0.421. The highest BCUT2D eigenvalue weighted by molar-refractivity contribution is 7.13. The summed E-state index contributed by atoms with van der Waals surface area (Å²) in [4.78, 5) is 16.4. The lowest BCUT2D eigenvalue weighted by molar-refractivity contribution is 0.0734. The van der Waals surface area contributed by atoms with Gasteiger partial charge in [0.2, 0.25) is 5.13 Å². The lowest BCUT2D eigenvalue weighted by Gasteiger charge is -2.05. The van der Waals surface area contributed by atoms with Crippen LogP contribution < -0.4 is 14.9 Å². The predicted octanol–water partition coefficient (Wildman–Crippen LogP) is 4.13. The number of anilines is 1. The predicted molar refractivity (Wildman–Crippen MR) is 102 cm³/mol. The summed E-state index contributed by atoms with van der Waals surface area (Å²) in [7, 11) is 1.58. The van der Waals surface area contributed by atoms with Gasteiger partial charge in [0.25, 0.3) is 0 Å². The van der Waals surface area contributed by atoms with Crippen molar-refractivity contribution in [1.82, 2.24) is 4.98 Å². The number of carbonyl (C=O) groups excluding carboxylic acids is 1. The molecule has 1 N–H and O–H groups in total. The molecule has 0 aliphatic heterocycles. The fourth-order valence-electron chi connectivity index (χ4n) is 2.08. The average Bonchev–Trinajstić information content (AvgIpc) is 3.08. The van der Waals surface area contributed by atoms with Gasteiger partial charge in [0, 0.05) is 5.38 Å². The van der Waals surface area contributed by atoms with Gasteiger partial charge in [0.05, 0.1) is 24.6 Å². The molecule has 132 valence electrons. The zero-order chi connectivity index (χ0) is 18.4. The molecule has 7 heteroatoms. The molecule has 3 rings (SSSR count). The van der Waals surface area contributed by atoms with E-state index in [2.05, 4.69) is 15.5 Å². The number of methoxy groups -OCH3 is 1. The van der Waals surface area contributed by atoms with Gasteiger partial charge >= 0.3 is 5.97 Å². The first-order valence-electron chi connectivity index (χ1n) is 7.81. The van der Waals surface area contributed by atoms with Crippen LogP contribution in [0, 0.1) is 6.92 Å². The second kappa shape index (κ2) is 8.26. The van der Waals surface area contributed by atoms with Gasteiger partial charge in [-0.25, -0.2) is 9.78 Å². The standard InChI is InChI=1S/C19H17N3O3S/c1-13-12-26-19(21-13)22-20-11-14-3-7-17(8-4-14)25-18(23)15-5-9-16(24-2)10-6-15/h3-12H,1-2H3,(H,21,22)/b20-11-. The summed E-state index contributed by atoms with van der Waals surface area (Å²) in [6.07, 6.45) is 1.67. The summed E-state index contributed by atoms with van der Waals surface area (Å²) in [5, 5.41) is 6.82. The van der Waals surface area contributed by atoms with Crippen LogP contribution in [0.2, 0.25) is 0 Å². The molecule has 26 heavy (non-hydrogen) atoms. The number of thiazole rings is 1. The highest BCUT2D eigenvalue weighted by Crippen LogP contribution is 2.17. The maximum atomic E-state index is 12.1. The van der Waals surface area contributed by atoms with Crippen molar-refractivity contribution in [3.63, 3.8) is 0 Å². The third-order valence-electron chi connectivity index (χ3n) is 3.41. The van der Waals surface area contributed by atoms with E-state index >= 15 is 0 Å². The summed E-state index contributed by atoms with van der Waals surface area (Å²) >= 11 is 1.49. The zero-order valence-corrected chi connectivity index (χ0v) is 15.1. The number of nitrogens with zero attached hydrogens (tertiary/aromatic N) is 2. The smallest absolute Gasteiger partial charge is 0.343 e. The number of rotatable bonds is 6. The number of aryl methyl sites for hydroxylation is 1. The molecular formula is C19H17N3O3S. The molecule has 6 nitrogen and oxygen atoms in total. The first kappa shape index (κ1) is 17.6. The lowest BCUT2D eigenvalue weighted by Crippen LogP contribution is -2.08. The minimum absolute atomic E-state index is 0.421. The number of carbonyl (C=O) groups is 1. The normalized spacial score (nSPS) is 10.7. The molecule has 0 aliphatic carbocycles. The van der Waals surface area contributed by atoms with Crippen LogP contribution in [0.15, 0.2) is 59.0 Å². The Bertz CT molecular complexity index is 903. The Labute approximate surface area is 155 Å². The number of hydrogen-bond acceptors (Lipinski definition) is 7. The van der Waals surface area contributed by atoms with E-state index in [0.717, 1.165) is 16.4 Å². The van der Waals surface area contributed by atoms with E-state index < -0.39 is 5.97 Å². The molecule has 0 fully saturated rings. The largest absolute Gasteiger partial charge is 0.497 e. The molecule has 0 saturated carbocycles. The number of hydrogen-bond donors (Lipinski definition) is 1. The molecule has 0 aliphatic rings. The number of esters is 1. The quantitative estimate of drug-likeness (QED) is 0.307. The monoisotopic (exact) mass is 367 g/mol. The first-order valence-corrected chi connectivity index (χ1v) is 8.69. The first-order chi connectivity index (χ1) is 12.6. The summed E-state index contributed by atoms with van der Waals surface area (Å²) in [6, 6.07) is 13.8. The number of hydrazone groups is 1. The molecule has 0 amide bonds. The van der Waals surface area contributed by atoms with Crippen LogP contribution in [-0.2, 0) is 0 Å². The van der Waals surface area contributed by atoms with Crippen LogP contribution in [-0.4, -0.2) is 24.3 Å². The van der Waals surface area contributed by atoms with Crippen molar-refractivity contribution in [3.05, 3.63) is 70.7 Å². The summed E-state index contributed by atoms with van der Waals surface area (Å²) in [5.74, 6) is 0.730. The molecule has 3 aromatic rings. The van der Waals surface area contributed by atoms with E-state index in [1.54, 1.807) is 49.7 Å². The number of benzene rings is 2. The lowest BCUT2D eigenvalue weighted by atomic mass is 10.2. The molecular weight excluding hydrogens is 350 g/mol. The van der Waals surface area contributed by atoms with E-state index in [1.165, 1.54) is 11.3 Å². The van der Waals surface area contributed by atoms with E-state index in [0.29, 0.717) is 17.1 Å². The highest BCUT2D eigenvalue weighted by Gasteiger charge is 2.08. The van der Waals surface area contributed by atoms with E-state index in [4.69, 9.17) is 9.47 Å². The molecule has 2 aromatic carbocycles. The Hall–Kier alpha value is -3.19. The third kappa shape index (κ3) is 4.67. The average molecular weight is 367 g/mol. The Morgan fingerprint density at radius 2 is 1.81 bits per heavy atom. The number of nitrogens with one attached hydrogen (secondary N) is 1. The SMILES string of the molecule is COc1ccc(C(=O)Oc2ccc(/C=N\Nc3nc(C)cs3)cc2)cc1. The Morgan fingerprint density at radius 3 is 2.42 bits per heavy atom. The minimum Gasteiger partial charge on any atom is -0.497 e. The molecule has 0 radical (unpaired) electrons. The van der Waals surface area contributed by atoms with Crippen molar-refractivity contribution in [3.8, 4) is 11.5 Å². The van der Waals surface area contributed by atoms with Crippen molar-refractivity contribution in [2.75, 3.05) is 12.5 Å². The summed E-state index contributed by atoms with van der Waals surface area (Å²) in [5.41, 5.74) is 5.16. The van der Waals surface area contributed by atoms with Crippen LogP contribution in [0.25, 0.3) is 0 Å². The molecule has 0 unspecified atom stereocenters. The number of aromatic nitrogens is 1. The van der Waals surface area contributed by atoms with E-state index in [-0.39, 0.29) is 0 Å². The maximum absolute atomic E-state index is 12.1. The zero-order valence-electron chi connectivity index (χ0n) is 14.3. The molecule has 0 atom stereocenters. The molecule has 0 saturated heterocycles. The van der Waals surface area contributed by atoms with Crippen LogP contribution >= 0.6 is 11.3 Å². The highest BCUT2D eigenvalue weighted by atomic mass is 32.1. The van der Waals surface area contributed by atoms with Crippen LogP contribution in [0.3, 0.4) is 0 Å². The van der Waals surface area contributed by atoms with Crippen molar-refractivity contribution >= 4 is 28.7 Å². The van der Waals surface area contributed by atoms with Gasteiger partial charge in [0.15, 0.2) is 0 Å². The van der Waals surface area contributed by atoms with Gasteiger partial charge in [-0.1, -0.05) is 0 Å². The Kier molecular flexibility index (Phi) is 5.60. The van der Waals surface area contributed by atoms with Gasteiger partial charge < -0.3 is 9.47 Å². The van der Waals surface area contributed by atoms with Gasteiger partial charge in [0.1, 0.15) is 11.5 Å². The van der Waals surface area contributed by atoms with Gasteiger partial charge in [-0.05, 0) is 61.0 Å². The van der Waals surface area contributed by atoms with Gasteiger partial charge in [-0.3, -0.25) is 5.43 Å². The maximum Gasteiger partial charge on any atom is 0.343 e. The van der Waals surface area contributed by atoms with Crippen molar-refractivity contribution < 1.29 is 14.3 Å². The van der Waals surface area contributed by atoms with Crippen molar-refractivity contribution in [2.24, 2.45) is 5.10 Å². The molecule has 0 bridgehead atoms. The van der Waals surface area contributed by atoms with Crippen LogP contribution in [0.1, 0.15) is 21.6 Å². The molecule has 1 aromatic heterocycles. The van der Waals surface area contributed by atoms with Crippen LogP contribution in [0.4, 0.5) is 5.13 Å². The Balaban J connectivity index is 1.57. The topological polar surface area (TPSA) is 72.8 Å². The third-order valence-corrected chi connectivity index (χ3v) is 4.27. The van der Waals surface area contributed by atoms with Gasteiger partial charge in [-0.15, -0.1) is 11.3 Å². The van der Waals surface area contributed by atoms with Crippen molar-refractivity contribution in [2.45, 2.75) is 6.92 Å². The molecule has 0 spiro atoms. The number of ether oxygens (including phenoxy) is 2. The van der Waals surface area contributed by atoms with Gasteiger partial charge in [-0.2, -0.15) is 5.10 Å². The van der Waals surface area contributed by atoms with E-state index in [1.807, 2.05) is 24.4 Å².